The zero-order chi connectivity index (χ0) is 25.0. The van der Waals surface area contributed by atoms with Gasteiger partial charge in [0.2, 0.25) is 0 Å². The molecule has 180 valence electrons. The van der Waals surface area contributed by atoms with Gasteiger partial charge in [-0.15, -0.1) is 0 Å². The van der Waals surface area contributed by atoms with E-state index in [2.05, 4.69) is 0 Å². The van der Waals surface area contributed by atoms with Crippen LogP contribution in [0.2, 0.25) is 0 Å². The van der Waals surface area contributed by atoms with E-state index in [1.54, 1.807) is 42.5 Å². The van der Waals surface area contributed by atoms with Crippen molar-refractivity contribution in [3.63, 3.8) is 0 Å². The number of carbonyl (C=O) groups excluding carboxylic acids is 3. The summed E-state index contributed by atoms with van der Waals surface area (Å²) in [6.07, 6.45) is 0. The van der Waals surface area contributed by atoms with Gasteiger partial charge in [0.15, 0.2) is 0 Å². The fourth-order valence-corrected chi connectivity index (χ4v) is 3.90. The summed E-state index contributed by atoms with van der Waals surface area (Å²) in [6.45, 7) is 2.01. The Labute approximate surface area is 198 Å². The van der Waals surface area contributed by atoms with Crippen LogP contribution in [0.5, 0.6) is 17.2 Å². The van der Waals surface area contributed by atoms with E-state index in [0.717, 1.165) is 0 Å². The third-order valence-electron chi connectivity index (χ3n) is 5.43. The molecule has 1 atom stereocenters. The van der Waals surface area contributed by atoms with Crippen LogP contribution in [0.3, 0.4) is 0 Å². The third kappa shape index (κ3) is 4.89. The minimum Gasteiger partial charge on any atom is -0.506 e. The summed E-state index contributed by atoms with van der Waals surface area (Å²) < 4.78 is 16.0. The van der Waals surface area contributed by atoms with Crippen LogP contribution in [0.1, 0.15) is 24.1 Å². The van der Waals surface area contributed by atoms with E-state index >= 15 is 0 Å². The molecule has 1 N–H and O–H groups in total. The molecule has 0 radical (unpaired) electrons. The molecule has 2 aromatic rings. The first-order chi connectivity index (χ1) is 16.2. The molecule has 1 unspecified atom stereocenters. The number of likely N-dealkylation sites (tertiary alicyclic amines) is 1. The number of nitrogens with zero attached hydrogens (tertiary/aromatic N) is 2. The number of esters is 1. The highest BCUT2D eigenvalue weighted by Gasteiger charge is 2.46. The Balaban J connectivity index is 2.25. The normalized spacial score (nSPS) is 17.2. The highest BCUT2D eigenvalue weighted by atomic mass is 16.5. The number of carbonyl (C=O) groups is 3. The molecule has 0 aromatic heterocycles. The first-order valence-corrected chi connectivity index (χ1v) is 10.6. The van der Waals surface area contributed by atoms with Gasteiger partial charge in [-0.05, 0) is 43.9 Å². The monoisotopic (exact) mass is 468 g/mol. The number of Topliss-reactive ketones (excluding diaryl/α,β-unsaturated/α-hetero) is 1. The largest absolute Gasteiger partial charge is 0.506 e. The molecule has 9 heteroatoms. The van der Waals surface area contributed by atoms with Crippen molar-refractivity contribution in [3.05, 3.63) is 59.2 Å². The summed E-state index contributed by atoms with van der Waals surface area (Å²) in [7, 11) is 6.57. The molecule has 1 heterocycles. The van der Waals surface area contributed by atoms with Gasteiger partial charge in [-0.25, -0.2) is 0 Å². The summed E-state index contributed by atoms with van der Waals surface area (Å²) in [4.78, 5) is 41.1. The van der Waals surface area contributed by atoms with Gasteiger partial charge in [0.25, 0.3) is 11.7 Å². The molecule has 0 bridgehead atoms. The predicted octanol–water partition coefficient (Wildman–Crippen LogP) is 2.61. The van der Waals surface area contributed by atoms with Gasteiger partial charge in [0, 0.05) is 20.0 Å². The molecule has 1 amide bonds. The number of benzene rings is 2. The lowest BCUT2D eigenvalue weighted by atomic mass is 9.94. The molecule has 34 heavy (non-hydrogen) atoms. The predicted molar refractivity (Wildman–Crippen MR) is 125 cm³/mol. The molecule has 2 aromatic carbocycles. The maximum atomic E-state index is 13.2. The van der Waals surface area contributed by atoms with Gasteiger partial charge in [0.1, 0.15) is 28.6 Å². The van der Waals surface area contributed by atoms with Gasteiger partial charge in [-0.2, -0.15) is 0 Å². The Morgan fingerprint density at radius 2 is 1.68 bits per heavy atom. The van der Waals surface area contributed by atoms with Crippen molar-refractivity contribution in [3.8, 4) is 17.2 Å². The Bertz CT molecular complexity index is 1120. The molecule has 1 saturated heterocycles. The molecular weight excluding hydrogens is 440 g/mol. The van der Waals surface area contributed by atoms with E-state index in [1.165, 1.54) is 26.0 Å². The van der Waals surface area contributed by atoms with Gasteiger partial charge < -0.3 is 29.1 Å². The van der Waals surface area contributed by atoms with Crippen LogP contribution in [-0.2, 0) is 14.4 Å². The standard InChI is InChI=1S/C25H28N2O7/c1-15(28)34-17-9-6-8-16(14-17)22-21(24(30)25(31)27(22)13-12-26(2)3)23(29)20-18(32-4)10-7-11-19(20)33-5/h6-11,14,22,29H,12-13H2,1-5H3/b23-21+. The summed E-state index contributed by atoms with van der Waals surface area (Å²) in [5.74, 6) is -1.65. The number of methoxy groups -OCH3 is 2. The lowest BCUT2D eigenvalue weighted by Crippen LogP contribution is -2.35. The van der Waals surface area contributed by atoms with Crippen molar-refractivity contribution >= 4 is 23.4 Å². The Morgan fingerprint density at radius 1 is 1.06 bits per heavy atom. The molecule has 1 aliphatic heterocycles. The van der Waals surface area contributed by atoms with Crippen LogP contribution < -0.4 is 14.2 Å². The van der Waals surface area contributed by atoms with Crippen LogP contribution in [0.4, 0.5) is 0 Å². The number of hydrogen-bond donors (Lipinski definition) is 1. The maximum absolute atomic E-state index is 13.2. The van der Waals surface area contributed by atoms with Gasteiger partial charge >= 0.3 is 5.97 Å². The molecular formula is C25H28N2O7. The first kappa shape index (κ1) is 24.8. The topological polar surface area (TPSA) is 106 Å². The van der Waals surface area contributed by atoms with Crippen molar-refractivity contribution in [1.29, 1.82) is 0 Å². The highest BCUT2D eigenvalue weighted by molar-refractivity contribution is 6.46. The summed E-state index contributed by atoms with van der Waals surface area (Å²) >= 11 is 0. The van der Waals surface area contributed by atoms with Crippen molar-refractivity contribution in [1.82, 2.24) is 9.80 Å². The van der Waals surface area contributed by atoms with Crippen molar-refractivity contribution in [2.45, 2.75) is 13.0 Å². The van der Waals surface area contributed by atoms with Crippen molar-refractivity contribution in [2.75, 3.05) is 41.4 Å². The molecule has 9 nitrogen and oxygen atoms in total. The number of ketones is 1. The second-order valence-electron chi connectivity index (χ2n) is 8.00. The fourth-order valence-electron chi connectivity index (χ4n) is 3.90. The molecule has 3 rings (SSSR count). The number of ether oxygens (including phenoxy) is 3. The Kier molecular flexibility index (Phi) is 7.57. The fraction of sp³-hybridized carbons (Fsp3) is 0.320. The zero-order valence-corrected chi connectivity index (χ0v) is 19.8. The van der Waals surface area contributed by atoms with Crippen LogP contribution in [0.25, 0.3) is 5.76 Å². The number of amides is 1. The van der Waals surface area contributed by atoms with E-state index in [-0.39, 0.29) is 34.9 Å². The first-order valence-electron chi connectivity index (χ1n) is 10.6. The van der Waals surface area contributed by atoms with E-state index in [1.807, 2.05) is 19.0 Å². The average molecular weight is 469 g/mol. The minimum absolute atomic E-state index is 0.105. The number of aliphatic hydroxyl groups is 1. The van der Waals surface area contributed by atoms with Crippen LogP contribution in [0.15, 0.2) is 48.0 Å². The summed E-state index contributed by atoms with van der Waals surface area (Å²) in [6, 6.07) is 10.6. The number of rotatable bonds is 8. The van der Waals surface area contributed by atoms with Crippen molar-refractivity contribution in [2.24, 2.45) is 0 Å². The highest BCUT2D eigenvalue weighted by Crippen LogP contribution is 2.43. The quantitative estimate of drug-likeness (QED) is 0.207. The second kappa shape index (κ2) is 10.4. The Hall–Kier alpha value is -3.85. The lowest BCUT2D eigenvalue weighted by Gasteiger charge is -2.27. The summed E-state index contributed by atoms with van der Waals surface area (Å²) in [5, 5.41) is 11.4. The van der Waals surface area contributed by atoms with Crippen LogP contribution >= 0.6 is 0 Å². The maximum Gasteiger partial charge on any atom is 0.308 e. The lowest BCUT2D eigenvalue weighted by molar-refractivity contribution is -0.140. The minimum atomic E-state index is -0.912. The van der Waals surface area contributed by atoms with E-state index in [0.29, 0.717) is 12.1 Å². The van der Waals surface area contributed by atoms with Crippen molar-refractivity contribution < 1.29 is 33.7 Å². The Morgan fingerprint density at radius 3 is 2.24 bits per heavy atom. The SMILES string of the molecule is COc1cccc(OC)c1/C(O)=C1\C(=O)C(=O)N(CCN(C)C)C1c1cccc(OC(C)=O)c1. The zero-order valence-electron chi connectivity index (χ0n) is 19.8. The van der Waals surface area contributed by atoms with Gasteiger partial charge in [-0.3, -0.25) is 14.4 Å². The van der Waals surface area contributed by atoms with E-state index in [4.69, 9.17) is 14.2 Å². The number of likely N-dealkylation sites (N-methyl/N-ethyl adjacent to an activating group) is 1. The van der Waals surface area contributed by atoms with Gasteiger partial charge in [-0.1, -0.05) is 18.2 Å². The molecule has 1 aliphatic rings. The average Bonchev–Trinajstić information content (AvgIpc) is 3.06. The van der Waals surface area contributed by atoms with E-state index < -0.39 is 29.5 Å². The molecule has 1 fully saturated rings. The van der Waals surface area contributed by atoms with Crippen LogP contribution in [-0.4, -0.2) is 74.0 Å². The van der Waals surface area contributed by atoms with Crippen LogP contribution in [0, 0.1) is 0 Å². The summed E-state index contributed by atoms with van der Waals surface area (Å²) in [5.41, 5.74) is 0.568. The van der Waals surface area contributed by atoms with Gasteiger partial charge in [0.05, 0.1) is 25.8 Å². The van der Waals surface area contributed by atoms with E-state index in [9.17, 15) is 19.5 Å². The number of hydrogen-bond acceptors (Lipinski definition) is 8. The molecule has 0 spiro atoms. The third-order valence-corrected chi connectivity index (χ3v) is 5.43. The molecule has 0 aliphatic carbocycles. The molecule has 0 saturated carbocycles. The smallest absolute Gasteiger partial charge is 0.308 e. The second-order valence-corrected chi connectivity index (χ2v) is 8.00. The number of aliphatic hydroxyl groups excluding tert-OH is 1.